The van der Waals surface area contributed by atoms with Gasteiger partial charge in [0.1, 0.15) is 18.6 Å². The third-order valence-electron chi connectivity index (χ3n) is 3.37. The summed E-state index contributed by atoms with van der Waals surface area (Å²) >= 11 is 0. The van der Waals surface area contributed by atoms with Crippen molar-refractivity contribution >= 4 is 11.6 Å². The molecular weight excluding hydrogens is 270 g/mol. The molecule has 1 amide bonds. The van der Waals surface area contributed by atoms with E-state index in [0.717, 1.165) is 36.5 Å². The number of ether oxygens (including phenoxy) is 1. The van der Waals surface area contributed by atoms with Crippen LogP contribution in [0.4, 0.5) is 5.69 Å². The van der Waals surface area contributed by atoms with Gasteiger partial charge in [-0.15, -0.1) is 0 Å². The zero-order valence-electron chi connectivity index (χ0n) is 11.5. The molecule has 0 unspecified atom stereocenters. The van der Waals surface area contributed by atoms with Crippen molar-refractivity contribution in [2.75, 3.05) is 25.0 Å². The van der Waals surface area contributed by atoms with Crippen LogP contribution in [-0.2, 0) is 9.53 Å². The summed E-state index contributed by atoms with van der Waals surface area (Å²) in [6, 6.07) is 9.22. The van der Waals surface area contributed by atoms with Crippen molar-refractivity contribution < 1.29 is 14.1 Å². The number of rotatable bonds is 5. The van der Waals surface area contributed by atoms with Crippen LogP contribution in [0.5, 0.6) is 0 Å². The first kappa shape index (κ1) is 13.8. The van der Waals surface area contributed by atoms with E-state index in [1.165, 1.54) is 6.26 Å². The summed E-state index contributed by atoms with van der Waals surface area (Å²) in [6.07, 6.45) is 2.63. The number of hydrogen-bond donors (Lipinski definition) is 2. The zero-order valence-corrected chi connectivity index (χ0v) is 11.5. The summed E-state index contributed by atoms with van der Waals surface area (Å²) in [7, 11) is 0. The molecule has 0 spiro atoms. The lowest BCUT2D eigenvalue weighted by molar-refractivity contribution is -0.122. The summed E-state index contributed by atoms with van der Waals surface area (Å²) in [6.45, 7) is 1.85. The molecule has 21 heavy (non-hydrogen) atoms. The largest absolute Gasteiger partial charge is 0.367 e. The number of nitrogens with zero attached hydrogens (tertiary/aromatic N) is 1. The number of benzene rings is 1. The lowest BCUT2D eigenvalue weighted by Crippen LogP contribution is -2.24. The van der Waals surface area contributed by atoms with Gasteiger partial charge in [0.25, 0.3) is 0 Å². The first-order chi connectivity index (χ1) is 10.3. The summed E-state index contributed by atoms with van der Waals surface area (Å²) in [5.74, 6) is -0.143. The highest BCUT2D eigenvalue weighted by Crippen LogP contribution is 2.19. The number of amides is 1. The molecule has 1 fully saturated rings. The SMILES string of the molecule is O=C(CO[C@@H]1CCNC1)Nc1ccc(-c2ccon2)cc1. The quantitative estimate of drug-likeness (QED) is 0.874. The highest BCUT2D eigenvalue weighted by atomic mass is 16.5. The van der Waals surface area contributed by atoms with Crippen molar-refractivity contribution in [2.24, 2.45) is 0 Å². The number of hydrogen-bond acceptors (Lipinski definition) is 5. The van der Waals surface area contributed by atoms with Crippen LogP contribution in [0.3, 0.4) is 0 Å². The Balaban J connectivity index is 1.51. The van der Waals surface area contributed by atoms with Crippen molar-refractivity contribution in [1.82, 2.24) is 10.5 Å². The molecule has 110 valence electrons. The molecule has 2 N–H and O–H groups in total. The Morgan fingerprint density at radius 1 is 1.38 bits per heavy atom. The molecule has 1 saturated heterocycles. The summed E-state index contributed by atoms with van der Waals surface area (Å²) < 4.78 is 10.3. The maximum absolute atomic E-state index is 11.8. The predicted octanol–water partition coefficient (Wildman–Crippen LogP) is 1.66. The van der Waals surface area contributed by atoms with Crippen LogP contribution in [0.1, 0.15) is 6.42 Å². The molecule has 6 nitrogen and oxygen atoms in total. The van der Waals surface area contributed by atoms with Gasteiger partial charge in [-0.05, 0) is 25.1 Å². The van der Waals surface area contributed by atoms with Gasteiger partial charge in [-0.25, -0.2) is 0 Å². The van der Waals surface area contributed by atoms with E-state index in [1.807, 2.05) is 24.3 Å². The normalized spacial score (nSPS) is 17.8. The highest BCUT2D eigenvalue weighted by molar-refractivity contribution is 5.91. The molecule has 1 aromatic carbocycles. The van der Waals surface area contributed by atoms with Crippen LogP contribution in [0.2, 0.25) is 0 Å². The van der Waals surface area contributed by atoms with Gasteiger partial charge in [0.05, 0.1) is 6.10 Å². The smallest absolute Gasteiger partial charge is 0.250 e. The monoisotopic (exact) mass is 287 g/mol. The molecule has 0 saturated carbocycles. The van der Waals surface area contributed by atoms with E-state index in [4.69, 9.17) is 9.26 Å². The first-order valence-electron chi connectivity index (χ1n) is 6.94. The van der Waals surface area contributed by atoms with Gasteiger partial charge < -0.3 is 19.9 Å². The van der Waals surface area contributed by atoms with Gasteiger partial charge in [0.2, 0.25) is 5.91 Å². The molecule has 3 rings (SSSR count). The molecule has 1 atom stereocenters. The fourth-order valence-corrected chi connectivity index (χ4v) is 2.25. The van der Waals surface area contributed by atoms with E-state index in [2.05, 4.69) is 15.8 Å². The minimum absolute atomic E-state index is 0.0807. The number of aromatic nitrogens is 1. The standard InChI is InChI=1S/C15H17N3O3/c19-15(10-20-13-5-7-16-9-13)17-12-3-1-11(2-4-12)14-6-8-21-18-14/h1-4,6,8,13,16H,5,7,9-10H2,(H,17,19)/t13-/m1/s1. The average molecular weight is 287 g/mol. The van der Waals surface area contributed by atoms with E-state index in [9.17, 15) is 4.79 Å². The van der Waals surface area contributed by atoms with E-state index in [1.54, 1.807) is 6.07 Å². The molecule has 2 aromatic rings. The van der Waals surface area contributed by atoms with Crippen molar-refractivity contribution in [2.45, 2.75) is 12.5 Å². The minimum Gasteiger partial charge on any atom is -0.367 e. The van der Waals surface area contributed by atoms with Crippen LogP contribution in [-0.4, -0.2) is 36.9 Å². The molecule has 1 aliphatic rings. The predicted molar refractivity (Wildman–Crippen MR) is 77.8 cm³/mol. The van der Waals surface area contributed by atoms with Gasteiger partial charge in [-0.1, -0.05) is 17.3 Å². The fraction of sp³-hybridized carbons (Fsp3) is 0.333. The molecule has 1 aliphatic heterocycles. The molecule has 2 heterocycles. The van der Waals surface area contributed by atoms with Gasteiger partial charge in [0.15, 0.2) is 0 Å². The maximum Gasteiger partial charge on any atom is 0.250 e. The Morgan fingerprint density at radius 3 is 2.90 bits per heavy atom. The Kier molecular flexibility index (Phi) is 4.28. The minimum atomic E-state index is -0.143. The van der Waals surface area contributed by atoms with E-state index >= 15 is 0 Å². The van der Waals surface area contributed by atoms with Gasteiger partial charge in [-0.3, -0.25) is 4.79 Å². The summed E-state index contributed by atoms with van der Waals surface area (Å²) in [5.41, 5.74) is 2.44. The van der Waals surface area contributed by atoms with Crippen LogP contribution >= 0.6 is 0 Å². The van der Waals surface area contributed by atoms with E-state index < -0.39 is 0 Å². The molecule has 6 heteroatoms. The third kappa shape index (κ3) is 3.68. The highest BCUT2D eigenvalue weighted by Gasteiger charge is 2.16. The molecule has 1 aromatic heterocycles. The van der Waals surface area contributed by atoms with Crippen LogP contribution in [0, 0.1) is 0 Å². The van der Waals surface area contributed by atoms with Crippen LogP contribution in [0.15, 0.2) is 41.1 Å². The molecule has 0 bridgehead atoms. The van der Waals surface area contributed by atoms with Crippen LogP contribution < -0.4 is 10.6 Å². The molecule has 0 radical (unpaired) electrons. The Bertz CT molecular complexity index is 575. The fourth-order valence-electron chi connectivity index (χ4n) is 2.25. The van der Waals surface area contributed by atoms with Crippen molar-refractivity contribution in [3.63, 3.8) is 0 Å². The van der Waals surface area contributed by atoms with E-state index in [-0.39, 0.29) is 18.6 Å². The maximum atomic E-state index is 11.8. The van der Waals surface area contributed by atoms with Crippen molar-refractivity contribution in [3.8, 4) is 11.3 Å². The van der Waals surface area contributed by atoms with Crippen LogP contribution in [0.25, 0.3) is 11.3 Å². The lowest BCUT2D eigenvalue weighted by Gasteiger charge is -2.10. The summed E-state index contributed by atoms with van der Waals surface area (Å²) in [4.78, 5) is 11.8. The second kappa shape index (κ2) is 6.51. The average Bonchev–Trinajstić information content (AvgIpc) is 3.19. The number of anilines is 1. The van der Waals surface area contributed by atoms with Gasteiger partial charge in [-0.2, -0.15) is 0 Å². The topological polar surface area (TPSA) is 76.4 Å². The number of carbonyl (C=O) groups is 1. The molecule has 0 aliphatic carbocycles. The Hall–Kier alpha value is -2.18. The lowest BCUT2D eigenvalue weighted by atomic mass is 10.1. The first-order valence-corrected chi connectivity index (χ1v) is 6.94. The Labute approximate surface area is 122 Å². The van der Waals surface area contributed by atoms with E-state index in [0.29, 0.717) is 0 Å². The molecular formula is C15H17N3O3. The zero-order chi connectivity index (χ0) is 14.5. The van der Waals surface area contributed by atoms with Gasteiger partial charge in [0, 0.05) is 23.9 Å². The second-order valence-electron chi connectivity index (χ2n) is 4.94. The van der Waals surface area contributed by atoms with Crippen molar-refractivity contribution in [3.05, 3.63) is 36.6 Å². The second-order valence-corrected chi connectivity index (χ2v) is 4.94. The van der Waals surface area contributed by atoms with Crippen molar-refractivity contribution in [1.29, 1.82) is 0 Å². The number of carbonyl (C=O) groups excluding carboxylic acids is 1. The number of nitrogens with one attached hydrogen (secondary N) is 2. The Morgan fingerprint density at radius 2 is 2.24 bits per heavy atom. The van der Waals surface area contributed by atoms with Gasteiger partial charge >= 0.3 is 0 Å². The summed E-state index contributed by atoms with van der Waals surface area (Å²) in [5, 5.41) is 9.87. The third-order valence-corrected chi connectivity index (χ3v) is 3.37.